The second kappa shape index (κ2) is 5.74. The Morgan fingerprint density at radius 3 is 2.94 bits per heavy atom. The zero-order valence-corrected chi connectivity index (χ0v) is 11.7. The summed E-state index contributed by atoms with van der Waals surface area (Å²) in [7, 11) is 0. The van der Waals surface area contributed by atoms with Gasteiger partial charge < -0.3 is 5.32 Å². The maximum atomic E-state index is 12.2. The quantitative estimate of drug-likeness (QED) is 0.864. The molecule has 1 heterocycles. The predicted molar refractivity (Wildman–Crippen MR) is 74.2 cm³/mol. The summed E-state index contributed by atoms with van der Waals surface area (Å²) in [4.78, 5) is 12.2. The third-order valence-electron chi connectivity index (χ3n) is 3.24. The first-order valence-electron chi connectivity index (χ1n) is 6.64. The number of nitrogens with zero attached hydrogens (tertiary/aromatic N) is 2. The standard InChI is InChI=1S/C13H20ClN3O/c1-3-4-9(2)16-12-11(14)7-15-17(13(12)18)8-10-5-6-10/h7,9-10,16H,3-6,8H2,1-2H3. The molecule has 4 nitrogen and oxygen atoms in total. The summed E-state index contributed by atoms with van der Waals surface area (Å²) < 4.78 is 1.53. The monoisotopic (exact) mass is 269 g/mol. The molecule has 1 aromatic heterocycles. The zero-order chi connectivity index (χ0) is 13.1. The molecule has 2 rings (SSSR count). The summed E-state index contributed by atoms with van der Waals surface area (Å²) >= 11 is 6.06. The van der Waals surface area contributed by atoms with Gasteiger partial charge in [-0.1, -0.05) is 24.9 Å². The molecule has 0 aromatic carbocycles. The van der Waals surface area contributed by atoms with Crippen molar-refractivity contribution >= 4 is 17.3 Å². The van der Waals surface area contributed by atoms with Crippen LogP contribution in [0.2, 0.25) is 5.02 Å². The van der Waals surface area contributed by atoms with Crippen molar-refractivity contribution in [3.05, 3.63) is 21.6 Å². The van der Waals surface area contributed by atoms with Crippen LogP contribution in [0.1, 0.15) is 39.5 Å². The number of anilines is 1. The third kappa shape index (κ3) is 3.25. The first-order valence-corrected chi connectivity index (χ1v) is 7.01. The molecule has 1 atom stereocenters. The Kier molecular flexibility index (Phi) is 4.27. The largest absolute Gasteiger partial charge is 0.377 e. The van der Waals surface area contributed by atoms with E-state index in [0.717, 1.165) is 12.8 Å². The number of halogens is 1. The van der Waals surface area contributed by atoms with E-state index in [-0.39, 0.29) is 11.6 Å². The van der Waals surface area contributed by atoms with Gasteiger partial charge in [0.05, 0.1) is 11.2 Å². The van der Waals surface area contributed by atoms with E-state index in [9.17, 15) is 4.79 Å². The van der Waals surface area contributed by atoms with Crippen LogP contribution in [0.15, 0.2) is 11.0 Å². The minimum absolute atomic E-state index is 0.0997. The summed E-state index contributed by atoms with van der Waals surface area (Å²) in [6.07, 6.45) is 6.05. The molecule has 1 aliphatic carbocycles. The van der Waals surface area contributed by atoms with Crippen LogP contribution >= 0.6 is 11.6 Å². The SMILES string of the molecule is CCCC(C)Nc1c(Cl)cnn(CC2CC2)c1=O. The van der Waals surface area contributed by atoms with Gasteiger partial charge in [-0.15, -0.1) is 0 Å². The topological polar surface area (TPSA) is 46.9 Å². The van der Waals surface area contributed by atoms with Gasteiger partial charge in [-0.25, -0.2) is 4.68 Å². The summed E-state index contributed by atoms with van der Waals surface area (Å²) in [6.45, 7) is 4.90. The van der Waals surface area contributed by atoms with E-state index in [4.69, 9.17) is 11.6 Å². The second-order valence-electron chi connectivity index (χ2n) is 5.13. The van der Waals surface area contributed by atoms with Gasteiger partial charge in [0.15, 0.2) is 0 Å². The molecule has 1 saturated carbocycles. The lowest BCUT2D eigenvalue weighted by atomic mass is 10.2. The van der Waals surface area contributed by atoms with Gasteiger partial charge in [0.1, 0.15) is 5.69 Å². The second-order valence-corrected chi connectivity index (χ2v) is 5.54. The predicted octanol–water partition coefficient (Wildman–Crippen LogP) is 2.91. The van der Waals surface area contributed by atoms with E-state index < -0.39 is 0 Å². The van der Waals surface area contributed by atoms with E-state index in [1.54, 1.807) is 6.20 Å². The van der Waals surface area contributed by atoms with Gasteiger partial charge in [0.2, 0.25) is 0 Å². The highest BCUT2D eigenvalue weighted by molar-refractivity contribution is 6.33. The summed E-state index contributed by atoms with van der Waals surface area (Å²) in [6, 6.07) is 0.247. The fourth-order valence-electron chi connectivity index (χ4n) is 2.03. The lowest BCUT2D eigenvalue weighted by Crippen LogP contribution is -2.29. The minimum atomic E-state index is -0.0997. The number of hydrogen-bond acceptors (Lipinski definition) is 3. The molecule has 0 radical (unpaired) electrons. The average Bonchev–Trinajstić information content (AvgIpc) is 3.13. The molecule has 0 bridgehead atoms. The highest BCUT2D eigenvalue weighted by atomic mass is 35.5. The average molecular weight is 270 g/mol. The summed E-state index contributed by atoms with van der Waals surface area (Å²) in [5, 5.41) is 7.72. The fraction of sp³-hybridized carbons (Fsp3) is 0.692. The van der Waals surface area contributed by atoms with Crippen LogP contribution in [0.5, 0.6) is 0 Å². The molecule has 0 amide bonds. The van der Waals surface area contributed by atoms with Gasteiger partial charge in [0, 0.05) is 12.6 Å². The van der Waals surface area contributed by atoms with Crippen molar-refractivity contribution in [1.29, 1.82) is 0 Å². The maximum Gasteiger partial charge on any atom is 0.291 e. The molecule has 18 heavy (non-hydrogen) atoms. The molecule has 0 saturated heterocycles. The number of aromatic nitrogens is 2. The van der Waals surface area contributed by atoms with E-state index in [2.05, 4.69) is 24.3 Å². The normalized spacial score (nSPS) is 16.6. The highest BCUT2D eigenvalue weighted by Gasteiger charge is 2.23. The van der Waals surface area contributed by atoms with Crippen LogP contribution in [0.25, 0.3) is 0 Å². The van der Waals surface area contributed by atoms with Crippen LogP contribution < -0.4 is 10.9 Å². The third-order valence-corrected chi connectivity index (χ3v) is 3.52. The van der Waals surface area contributed by atoms with Crippen molar-refractivity contribution in [3.63, 3.8) is 0 Å². The Hall–Kier alpha value is -1.03. The first kappa shape index (κ1) is 13.4. The molecule has 0 spiro atoms. The van der Waals surface area contributed by atoms with E-state index >= 15 is 0 Å². The Bertz CT molecular complexity index is 468. The minimum Gasteiger partial charge on any atom is -0.377 e. The molecule has 0 aliphatic heterocycles. The lowest BCUT2D eigenvalue weighted by molar-refractivity contribution is 0.533. The van der Waals surface area contributed by atoms with Crippen molar-refractivity contribution < 1.29 is 0 Å². The van der Waals surface area contributed by atoms with Crippen LogP contribution in [-0.2, 0) is 6.54 Å². The van der Waals surface area contributed by atoms with Gasteiger partial charge in [-0.2, -0.15) is 5.10 Å². The molecular formula is C13H20ClN3O. The molecule has 1 aliphatic rings. The number of rotatable bonds is 6. The van der Waals surface area contributed by atoms with Gasteiger partial charge >= 0.3 is 0 Å². The van der Waals surface area contributed by atoms with Crippen molar-refractivity contribution in [2.24, 2.45) is 5.92 Å². The molecule has 1 unspecified atom stereocenters. The molecule has 100 valence electrons. The summed E-state index contributed by atoms with van der Waals surface area (Å²) in [5.74, 6) is 0.622. The fourth-order valence-corrected chi connectivity index (χ4v) is 2.20. The molecule has 5 heteroatoms. The Balaban J connectivity index is 2.18. The first-order chi connectivity index (χ1) is 8.61. The van der Waals surface area contributed by atoms with E-state index in [1.807, 2.05) is 0 Å². The Morgan fingerprint density at radius 2 is 2.33 bits per heavy atom. The zero-order valence-electron chi connectivity index (χ0n) is 10.9. The van der Waals surface area contributed by atoms with Crippen molar-refractivity contribution in [3.8, 4) is 0 Å². The summed E-state index contributed by atoms with van der Waals surface area (Å²) in [5.41, 5.74) is 0.394. The van der Waals surface area contributed by atoms with E-state index in [0.29, 0.717) is 23.2 Å². The van der Waals surface area contributed by atoms with E-state index in [1.165, 1.54) is 17.5 Å². The maximum absolute atomic E-state index is 12.2. The number of nitrogens with one attached hydrogen (secondary N) is 1. The van der Waals surface area contributed by atoms with Gasteiger partial charge in [-0.05, 0) is 32.1 Å². The molecule has 1 aromatic rings. The van der Waals surface area contributed by atoms with Gasteiger partial charge in [0.25, 0.3) is 5.56 Å². The van der Waals surface area contributed by atoms with Crippen molar-refractivity contribution in [2.75, 3.05) is 5.32 Å². The highest BCUT2D eigenvalue weighted by Crippen LogP contribution is 2.30. The Labute approximate surface area is 112 Å². The lowest BCUT2D eigenvalue weighted by Gasteiger charge is -2.15. The van der Waals surface area contributed by atoms with Crippen LogP contribution in [0.4, 0.5) is 5.69 Å². The van der Waals surface area contributed by atoms with Gasteiger partial charge in [-0.3, -0.25) is 4.79 Å². The smallest absolute Gasteiger partial charge is 0.291 e. The van der Waals surface area contributed by atoms with Crippen LogP contribution in [-0.4, -0.2) is 15.8 Å². The van der Waals surface area contributed by atoms with Crippen LogP contribution in [0, 0.1) is 5.92 Å². The van der Waals surface area contributed by atoms with Crippen molar-refractivity contribution in [1.82, 2.24) is 9.78 Å². The number of hydrogen-bond donors (Lipinski definition) is 1. The molecular weight excluding hydrogens is 250 g/mol. The Morgan fingerprint density at radius 1 is 1.61 bits per heavy atom. The molecule has 1 N–H and O–H groups in total. The molecule has 1 fully saturated rings. The van der Waals surface area contributed by atoms with Crippen molar-refractivity contribution in [2.45, 2.75) is 52.1 Å². The van der Waals surface area contributed by atoms with Crippen LogP contribution in [0.3, 0.4) is 0 Å².